The quantitative estimate of drug-likeness (QED) is 0.336. The van der Waals surface area contributed by atoms with Gasteiger partial charge in [0.15, 0.2) is 0 Å². The number of ketones is 1. The Morgan fingerprint density at radius 3 is 2.38 bits per heavy atom. The number of methoxy groups -OCH3 is 2. The van der Waals surface area contributed by atoms with Crippen molar-refractivity contribution >= 4 is 17.4 Å². The molecule has 4 rings (SSSR count). The van der Waals surface area contributed by atoms with Gasteiger partial charge in [0.2, 0.25) is 0 Å². The molecule has 0 aliphatic carbocycles. The van der Waals surface area contributed by atoms with Gasteiger partial charge in [0.25, 0.3) is 11.7 Å². The van der Waals surface area contributed by atoms with E-state index in [4.69, 9.17) is 9.47 Å². The molecule has 1 saturated heterocycles. The molecule has 0 spiro atoms. The number of pyridine rings is 1. The Hall–Kier alpha value is -4.13. The predicted molar refractivity (Wildman–Crippen MR) is 128 cm³/mol. The summed E-state index contributed by atoms with van der Waals surface area (Å²) in [6.45, 7) is 3.92. The Kier molecular flexibility index (Phi) is 6.36. The number of Topliss-reactive ketones (excluding diaryl/α,β-unsaturated/α-hetero) is 1. The van der Waals surface area contributed by atoms with Crippen molar-refractivity contribution in [2.24, 2.45) is 0 Å². The number of amides is 1. The Labute approximate surface area is 198 Å². The molecule has 1 amide bonds. The molecule has 0 radical (unpaired) electrons. The third kappa shape index (κ3) is 4.12. The van der Waals surface area contributed by atoms with E-state index in [0.717, 1.165) is 16.7 Å². The smallest absolute Gasteiger partial charge is 0.296 e. The lowest BCUT2D eigenvalue weighted by atomic mass is 9.95. The van der Waals surface area contributed by atoms with Gasteiger partial charge in [-0.25, -0.2) is 0 Å². The number of carbonyl (C=O) groups excluding carboxylic acids is 2. The molecular weight excluding hydrogens is 432 g/mol. The zero-order valence-electron chi connectivity index (χ0n) is 19.5. The normalized spacial score (nSPS) is 17.2. The minimum Gasteiger partial charge on any atom is -0.507 e. The topological polar surface area (TPSA) is 89.0 Å². The molecule has 1 atom stereocenters. The average Bonchev–Trinajstić information content (AvgIpc) is 3.09. The summed E-state index contributed by atoms with van der Waals surface area (Å²) in [5.74, 6) is -0.604. The van der Waals surface area contributed by atoms with Crippen LogP contribution in [0, 0.1) is 13.8 Å². The second-order valence-electron chi connectivity index (χ2n) is 8.19. The number of rotatable bonds is 6. The Morgan fingerprint density at radius 1 is 1.03 bits per heavy atom. The van der Waals surface area contributed by atoms with Gasteiger partial charge in [-0.3, -0.25) is 14.6 Å². The molecule has 1 aliphatic heterocycles. The summed E-state index contributed by atoms with van der Waals surface area (Å²) >= 11 is 0. The zero-order valence-corrected chi connectivity index (χ0v) is 19.5. The van der Waals surface area contributed by atoms with Crippen LogP contribution in [0.3, 0.4) is 0 Å². The molecule has 1 unspecified atom stereocenters. The van der Waals surface area contributed by atoms with Gasteiger partial charge in [0.05, 0.1) is 31.1 Å². The van der Waals surface area contributed by atoms with Gasteiger partial charge in [-0.15, -0.1) is 0 Å². The van der Waals surface area contributed by atoms with E-state index >= 15 is 0 Å². The number of aryl methyl sites for hydroxylation is 2. The summed E-state index contributed by atoms with van der Waals surface area (Å²) in [5, 5.41) is 11.4. The lowest BCUT2D eigenvalue weighted by Gasteiger charge is -2.25. The van der Waals surface area contributed by atoms with E-state index in [9.17, 15) is 14.7 Å². The van der Waals surface area contributed by atoms with E-state index in [1.807, 2.05) is 32.0 Å². The van der Waals surface area contributed by atoms with E-state index in [-0.39, 0.29) is 17.9 Å². The number of hydrogen-bond donors (Lipinski definition) is 1. The largest absolute Gasteiger partial charge is 0.507 e. The molecule has 1 N–H and O–H groups in total. The van der Waals surface area contributed by atoms with Gasteiger partial charge < -0.3 is 19.5 Å². The maximum atomic E-state index is 13.3. The van der Waals surface area contributed by atoms with Crippen LogP contribution < -0.4 is 9.47 Å². The fraction of sp³-hybridized carbons (Fsp3) is 0.222. The van der Waals surface area contributed by atoms with Crippen LogP contribution in [0.4, 0.5) is 0 Å². The molecule has 0 saturated carbocycles. The first-order chi connectivity index (χ1) is 16.3. The minimum atomic E-state index is -0.853. The zero-order chi connectivity index (χ0) is 24.4. The van der Waals surface area contributed by atoms with Crippen molar-refractivity contribution in [3.63, 3.8) is 0 Å². The lowest BCUT2D eigenvalue weighted by molar-refractivity contribution is -0.140. The number of aliphatic hydroxyl groups excluding tert-OH is 1. The second kappa shape index (κ2) is 9.39. The van der Waals surface area contributed by atoms with Gasteiger partial charge in [-0.05, 0) is 60.9 Å². The Balaban J connectivity index is 1.88. The summed E-state index contributed by atoms with van der Waals surface area (Å²) in [6, 6.07) is 15.4. The van der Waals surface area contributed by atoms with Crippen molar-refractivity contribution in [3.8, 4) is 11.5 Å². The van der Waals surface area contributed by atoms with Crippen LogP contribution in [0.25, 0.3) is 5.76 Å². The molecular formula is C27H26N2O5. The van der Waals surface area contributed by atoms with Gasteiger partial charge in [0.1, 0.15) is 23.3 Å². The minimum absolute atomic E-state index is 0.0134. The maximum absolute atomic E-state index is 13.3. The molecule has 7 heteroatoms. The standard InChI is InChI=1S/C27H26N2O5/c1-16-13-17(2)26(34-4)20(14-16)24(30)22-23(21-7-5-6-12-28-21)29(27(32)25(22)31)15-18-8-10-19(33-3)11-9-18/h5-14,23,30H,15H2,1-4H3/b24-22+. The van der Waals surface area contributed by atoms with Gasteiger partial charge in [0, 0.05) is 12.7 Å². The van der Waals surface area contributed by atoms with Crippen molar-refractivity contribution in [1.82, 2.24) is 9.88 Å². The molecule has 2 aromatic carbocycles. The molecule has 0 bridgehead atoms. The molecule has 3 aromatic rings. The highest BCUT2D eigenvalue weighted by molar-refractivity contribution is 6.46. The lowest BCUT2D eigenvalue weighted by Crippen LogP contribution is -2.29. The third-order valence-electron chi connectivity index (χ3n) is 5.90. The molecule has 2 heterocycles. The van der Waals surface area contributed by atoms with E-state index in [1.54, 1.807) is 49.7 Å². The molecule has 1 fully saturated rings. The van der Waals surface area contributed by atoms with Crippen LogP contribution in [0.15, 0.2) is 66.4 Å². The van der Waals surface area contributed by atoms with Crippen molar-refractivity contribution in [2.45, 2.75) is 26.4 Å². The van der Waals surface area contributed by atoms with Crippen LogP contribution in [-0.4, -0.2) is 40.9 Å². The van der Waals surface area contributed by atoms with Crippen molar-refractivity contribution in [3.05, 3.63) is 94.3 Å². The summed E-state index contributed by atoms with van der Waals surface area (Å²) in [4.78, 5) is 32.3. The SMILES string of the molecule is COc1ccc(CN2C(=O)C(=O)/C(=C(/O)c3cc(C)cc(C)c3OC)C2c2ccccn2)cc1. The van der Waals surface area contributed by atoms with Gasteiger partial charge >= 0.3 is 0 Å². The number of carbonyl (C=O) groups is 2. The summed E-state index contributed by atoms with van der Waals surface area (Å²) in [5.41, 5.74) is 3.35. The summed E-state index contributed by atoms with van der Waals surface area (Å²) < 4.78 is 10.7. The number of aliphatic hydroxyl groups is 1. The number of ether oxygens (including phenoxy) is 2. The van der Waals surface area contributed by atoms with Crippen molar-refractivity contribution < 1.29 is 24.2 Å². The number of hydrogen-bond acceptors (Lipinski definition) is 6. The molecule has 1 aliphatic rings. The monoisotopic (exact) mass is 458 g/mol. The third-order valence-corrected chi connectivity index (χ3v) is 5.90. The highest BCUT2D eigenvalue weighted by Gasteiger charge is 2.47. The van der Waals surface area contributed by atoms with Crippen LogP contribution in [0.5, 0.6) is 11.5 Å². The highest BCUT2D eigenvalue weighted by Crippen LogP contribution is 2.41. The highest BCUT2D eigenvalue weighted by atomic mass is 16.5. The average molecular weight is 459 g/mol. The van der Waals surface area contributed by atoms with Gasteiger partial charge in [-0.2, -0.15) is 0 Å². The van der Waals surface area contributed by atoms with E-state index < -0.39 is 17.7 Å². The Bertz CT molecular complexity index is 1270. The van der Waals surface area contributed by atoms with Crippen LogP contribution in [-0.2, 0) is 16.1 Å². The summed E-state index contributed by atoms with van der Waals surface area (Å²) in [7, 11) is 3.09. The fourth-order valence-electron chi connectivity index (χ4n) is 4.36. The van der Waals surface area contributed by atoms with Crippen LogP contribution >= 0.6 is 0 Å². The number of aromatic nitrogens is 1. The van der Waals surface area contributed by atoms with Gasteiger partial charge in [-0.1, -0.05) is 24.3 Å². The molecule has 7 nitrogen and oxygen atoms in total. The second-order valence-corrected chi connectivity index (χ2v) is 8.19. The van der Waals surface area contributed by atoms with Crippen LogP contribution in [0.2, 0.25) is 0 Å². The molecule has 34 heavy (non-hydrogen) atoms. The first-order valence-electron chi connectivity index (χ1n) is 10.8. The molecule has 174 valence electrons. The van der Waals surface area contributed by atoms with E-state index in [1.165, 1.54) is 12.0 Å². The Morgan fingerprint density at radius 2 is 1.76 bits per heavy atom. The first-order valence-corrected chi connectivity index (χ1v) is 10.8. The van der Waals surface area contributed by atoms with Crippen molar-refractivity contribution in [2.75, 3.05) is 14.2 Å². The number of benzene rings is 2. The predicted octanol–water partition coefficient (Wildman–Crippen LogP) is 4.34. The first kappa shape index (κ1) is 23.0. The van der Waals surface area contributed by atoms with E-state index in [2.05, 4.69) is 4.98 Å². The molecule has 1 aromatic heterocycles. The van der Waals surface area contributed by atoms with E-state index in [0.29, 0.717) is 22.8 Å². The van der Waals surface area contributed by atoms with Crippen LogP contribution in [0.1, 0.15) is 34.0 Å². The maximum Gasteiger partial charge on any atom is 0.296 e. The summed E-state index contributed by atoms with van der Waals surface area (Å²) in [6.07, 6.45) is 1.60. The fourth-order valence-corrected chi connectivity index (χ4v) is 4.36. The van der Waals surface area contributed by atoms with Crippen molar-refractivity contribution in [1.29, 1.82) is 0 Å². The number of nitrogens with zero attached hydrogens (tertiary/aromatic N) is 2. The number of likely N-dealkylation sites (tertiary alicyclic amines) is 1.